The van der Waals surface area contributed by atoms with E-state index in [9.17, 15) is 4.39 Å². The van der Waals surface area contributed by atoms with E-state index in [-0.39, 0.29) is 11.6 Å². The Morgan fingerprint density at radius 1 is 0.857 bits per heavy atom. The molecule has 3 heteroatoms. The Morgan fingerprint density at radius 3 is 2.38 bits per heavy atom. The first-order valence-electron chi connectivity index (χ1n) is 6.63. The van der Waals surface area contributed by atoms with Crippen LogP contribution in [0.5, 0.6) is 5.75 Å². The van der Waals surface area contributed by atoms with Crippen LogP contribution in [-0.2, 0) is 0 Å². The van der Waals surface area contributed by atoms with Crippen LogP contribution in [-0.4, -0.2) is 12.1 Å². The standard InChI is InChI=1S/C18H14FNO/c1-21-18-8-7-15(11-16(18)19)17-12-14(9-10-20-17)13-5-3-2-4-6-13/h2-12H,1H3. The number of benzene rings is 2. The van der Waals surface area contributed by atoms with Crippen molar-refractivity contribution in [3.05, 3.63) is 72.7 Å². The van der Waals surface area contributed by atoms with Crippen molar-refractivity contribution in [3.8, 4) is 28.1 Å². The number of halogens is 1. The molecular weight excluding hydrogens is 265 g/mol. The van der Waals surface area contributed by atoms with Gasteiger partial charge in [0.15, 0.2) is 11.6 Å². The lowest BCUT2D eigenvalue weighted by molar-refractivity contribution is 0.386. The molecule has 0 amide bonds. The third-order valence-electron chi connectivity index (χ3n) is 3.31. The van der Waals surface area contributed by atoms with Crippen LogP contribution >= 0.6 is 0 Å². The summed E-state index contributed by atoms with van der Waals surface area (Å²) < 4.78 is 18.7. The van der Waals surface area contributed by atoms with Crippen LogP contribution in [0.3, 0.4) is 0 Å². The molecule has 1 heterocycles. The highest BCUT2D eigenvalue weighted by atomic mass is 19.1. The maximum atomic E-state index is 13.8. The molecule has 0 spiro atoms. The number of hydrogen-bond donors (Lipinski definition) is 0. The lowest BCUT2D eigenvalue weighted by atomic mass is 10.0. The van der Waals surface area contributed by atoms with Crippen molar-refractivity contribution in [2.75, 3.05) is 7.11 Å². The Morgan fingerprint density at radius 2 is 1.67 bits per heavy atom. The first-order valence-corrected chi connectivity index (χ1v) is 6.63. The number of aromatic nitrogens is 1. The summed E-state index contributed by atoms with van der Waals surface area (Å²) >= 11 is 0. The summed E-state index contributed by atoms with van der Waals surface area (Å²) in [6, 6.07) is 18.8. The molecule has 0 atom stereocenters. The fraction of sp³-hybridized carbons (Fsp3) is 0.0556. The average Bonchev–Trinajstić information content (AvgIpc) is 2.56. The van der Waals surface area contributed by atoms with E-state index in [2.05, 4.69) is 4.98 Å². The minimum Gasteiger partial charge on any atom is -0.494 e. The zero-order chi connectivity index (χ0) is 14.7. The van der Waals surface area contributed by atoms with E-state index in [0.29, 0.717) is 0 Å². The summed E-state index contributed by atoms with van der Waals surface area (Å²) in [4.78, 5) is 4.32. The number of methoxy groups -OCH3 is 1. The van der Waals surface area contributed by atoms with Gasteiger partial charge in [-0.15, -0.1) is 0 Å². The molecule has 2 nitrogen and oxygen atoms in total. The predicted molar refractivity (Wildman–Crippen MR) is 81.6 cm³/mol. The van der Waals surface area contributed by atoms with E-state index in [4.69, 9.17) is 4.74 Å². The lowest BCUT2D eigenvalue weighted by Gasteiger charge is -2.07. The number of pyridine rings is 1. The van der Waals surface area contributed by atoms with E-state index in [1.54, 1.807) is 18.3 Å². The van der Waals surface area contributed by atoms with E-state index >= 15 is 0 Å². The zero-order valence-electron chi connectivity index (χ0n) is 11.6. The summed E-state index contributed by atoms with van der Waals surface area (Å²) in [6.45, 7) is 0. The molecule has 0 aliphatic heterocycles. The number of nitrogens with zero attached hydrogens (tertiary/aromatic N) is 1. The summed E-state index contributed by atoms with van der Waals surface area (Å²) in [5.74, 6) is -0.153. The highest BCUT2D eigenvalue weighted by Gasteiger charge is 2.07. The lowest BCUT2D eigenvalue weighted by Crippen LogP contribution is -1.90. The van der Waals surface area contributed by atoms with Crippen LogP contribution in [0, 0.1) is 5.82 Å². The summed E-state index contributed by atoms with van der Waals surface area (Å²) in [5.41, 5.74) is 3.62. The van der Waals surface area contributed by atoms with Gasteiger partial charge in [0.1, 0.15) is 0 Å². The Balaban J connectivity index is 2.02. The van der Waals surface area contributed by atoms with Crippen molar-refractivity contribution in [3.63, 3.8) is 0 Å². The first-order chi connectivity index (χ1) is 10.3. The molecule has 0 bridgehead atoms. The fourth-order valence-corrected chi connectivity index (χ4v) is 2.22. The first kappa shape index (κ1) is 13.3. The van der Waals surface area contributed by atoms with Gasteiger partial charge in [0.2, 0.25) is 0 Å². The summed E-state index contributed by atoms with van der Waals surface area (Å²) in [6.07, 6.45) is 1.74. The van der Waals surface area contributed by atoms with E-state index in [1.165, 1.54) is 13.2 Å². The molecule has 0 saturated carbocycles. The van der Waals surface area contributed by atoms with Gasteiger partial charge in [-0.25, -0.2) is 4.39 Å². The van der Waals surface area contributed by atoms with Gasteiger partial charge < -0.3 is 4.74 Å². The Labute approximate surface area is 122 Å². The molecule has 0 aliphatic carbocycles. The fourth-order valence-electron chi connectivity index (χ4n) is 2.22. The van der Waals surface area contributed by atoms with Crippen molar-refractivity contribution >= 4 is 0 Å². The summed E-state index contributed by atoms with van der Waals surface area (Å²) in [5, 5.41) is 0. The predicted octanol–water partition coefficient (Wildman–Crippen LogP) is 4.56. The van der Waals surface area contributed by atoms with Crippen molar-refractivity contribution in [2.45, 2.75) is 0 Å². The third-order valence-corrected chi connectivity index (χ3v) is 3.31. The Hall–Kier alpha value is -2.68. The molecule has 104 valence electrons. The molecule has 0 radical (unpaired) electrons. The Kier molecular flexibility index (Phi) is 3.65. The molecule has 0 saturated heterocycles. The minimum absolute atomic E-state index is 0.234. The zero-order valence-corrected chi connectivity index (χ0v) is 11.6. The van der Waals surface area contributed by atoms with Gasteiger partial charge in [0.05, 0.1) is 12.8 Å². The minimum atomic E-state index is -0.387. The van der Waals surface area contributed by atoms with Gasteiger partial charge in [0, 0.05) is 11.8 Å². The SMILES string of the molecule is COc1ccc(-c2cc(-c3ccccc3)ccn2)cc1F. The maximum Gasteiger partial charge on any atom is 0.165 e. The van der Waals surface area contributed by atoms with Gasteiger partial charge >= 0.3 is 0 Å². The van der Waals surface area contributed by atoms with Gasteiger partial charge in [-0.05, 0) is 41.5 Å². The number of rotatable bonds is 3. The second kappa shape index (κ2) is 5.75. The molecule has 1 aromatic heterocycles. The topological polar surface area (TPSA) is 22.1 Å². The molecule has 0 N–H and O–H groups in total. The normalized spacial score (nSPS) is 10.4. The third kappa shape index (κ3) is 2.77. The van der Waals surface area contributed by atoms with Gasteiger partial charge in [0.25, 0.3) is 0 Å². The summed E-state index contributed by atoms with van der Waals surface area (Å²) in [7, 11) is 1.45. The van der Waals surface area contributed by atoms with E-state index in [0.717, 1.165) is 22.4 Å². The molecule has 0 fully saturated rings. The van der Waals surface area contributed by atoms with Gasteiger partial charge in [-0.3, -0.25) is 4.98 Å². The molecule has 2 aromatic carbocycles. The second-order valence-electron chi connectivity index (χ2n) is 4.65. The molecule has 0 unspecified atom stereocenters. The molecule has 3 aromatic rings. The number of hydrogen-bond acceptors (Lipinski definition) is 2. The van der Waals surface area contributed by atoms with Crippen LogP contribution in [0.2, 0.25) is 0 Å². The van der Waals surface area contributed by atoms with Crippen LogP contribution in [0.25, 0.3) is 22.4 Å². The average molecular weight is 279 g/mol. The van der Waals surface area contributed by atoms with Crippen LogP contribution < -0.4 is 4.74 Å². The maximum absolute atomic E-state index is 13.8. The van der Waals surface area contributed by atoms with Gasteiger partial charge in [-0.2, -0.15) is 0 Å². The van der Waals surface area contributed by atoms with Crippen molar-refractivity contribution in [1.82, 2.24) is 4.98 Å². The molecule has 0 aliphatic rings. The molecular formula is C18H14FNO. The van der Waals surface area contributed by atoms with Crippen molar-refractivity contribution in [2.24, 2.45) is 0 Å². The number of ether oxygens (including phenoxy) is 1. The van der Waals surface area contributed by atoms with Crippen LogP contribution in [0.4, 0.5) is 4.39 Å². The quantitative estimate of drug-likeness (QED) is 0.701. The monoisotopic (exact) mass is 279 g/mol. The van der Waals surface area contributed by atoms with Crippen molar-refractivity contribution < 1.29 is 9.13 Å². The highest BCUT2D eigenvalue weighted by molar-refractivity contribution is 5.70. The van der Waals surface area contributed by atoms with E-state index in [1.807, 2.05) is 42.5 Å². The molecule has 3 rings (SSSR count). The largest absolute Gasteiger partial charge is 0.494 e. The highest BCUT2D eigenvalue weighted by Crippen LogP contribution is 2.27. The molecule has 21 heavy (non-hydrogen) atoms. The van der Waals surface area contributed by atoms with Gasteiger partial charge in [-0.1, -0.05) is 30.3 Å². The Bertz CT molecular complexity index is 756. The van der Waals surface area contributed by atoms with Crippen LogP contribution in [0.1, 0.15) is 0 Å². The van der Waals surface area contributed by atoms with Crippen molar-refractivity contribution in [1.29, 1.82) is 0 Å². The smallest absolute Gasteiger partial charge is 0.165 e. The van der Waals surface area contributed by atoms with Crippen LogP contribution in [0.15, 0.2) is 66.9 Å². The van der Waals surface area contributed by atoms with E-state index < -0.39 is 0 Å². The second-order valence-corrected chi connectivity index (χ2v) is 4.65.